The maximum Gasteiger partial charge on any atom is 0.273 e. The Balaban J connectivity index is 1.81. The molecule has 0 saturated carbocycles. The standard InChI is InChI=1S/C24H27N3O4/c1-3-4-12-31-17-7-5-6-16(14-17)23-20-21(18-13-15(2)8-9-19(18)29)25-26-22(20)24(30)27(23)10-11-28/h5-9,13-14,23,28-29H,3-4,10-12H2,1-2H3,(H,25,26)/t23-/m0/s1. The Morgan fingerprint density at radius 1 is 1.23 bits per heavy atom. The van der Waals surface area contributed by atoms with Gasteiger partial charge in [-0.05, 0) is 43.2 Å². The van der Waals surface area contributed by atoms with Gasteiger partial charge in [-0.1, -0.05) is 37.1 Å². The minimum absolute atomic E-state index is 0.100. The van der Waals surface area contributed by atoms with Crippen molar-refractivity contribution in [3.05, 3.63) is 64.8 Å². The number of aromatic hydroxyl groups is 1. The highest BCUT2D eigenvalue weighted by Crippen LogP contribution is 2.44. The first-order chi connectivity index (χ1) is 15.0. The number of amides is 1. The number of hydrogen-bond acceptors (Lipinski definition) is 5. The van der Waals surface area contributed by atoms with Crippen molar-refractivity contribution in [2.45, 2.75) is 32.7 Å². The van der Waals surface area contributed by atoms with Gasteiger partial charge in [0.15, 0.2) is 0 Å². The lowest BCUT2D eigenvalue weighted by Gasteiger charge is -2.26. The van der Waals surface area contributed by atoms with Gasteiger partial charge in [-0.15, -0.1) is 0 Å². The Kier molecular flexibility index (Phi) is 5.95. The Morgan fingerprint density at radius 3 is 2.84 bits per heavy atom. The Labute approximate surface area is 181 Å². The van der Waals surface area contributed by atoms with Gasteiger partial charge in [0.25, 0.3) is 5.91 Å². The van der Waals surface area contributed by atoms with Crippen molar-refractivity contribution in [3.8, 4) is 22.8 Å². The third kappa shape index (κ3) is 3.88. The molecule has 31 heavy (non-hydrogen) atoms. The van der Waals surface area contributed by atoms with Crippen LogP contribution in [0.25, 0.3) is 11.3 Å². The van der Waals surface area contributed by atoms with E-state index >= 15 is 0 Å². The minimum atomic E-state index is -0.446. The normalized spacial score (nSPS) is 15.4. The summed E-state index contributed by atoms with van der Waals surface area (Å²) in [7, 11) is 0. The van der Waals surface area contributed by atoms with Gasteiger partial charge in [0.2, 0.25) is 0 Å². The van der Waals surface area contributed by atoms with Gasteiger partial charge in [-0.25, -0.2) is 0 Å². The molecule has 0 spiro atoms. The van der Waals surface area contributed by atoms with Crippen LogP contribution in [-0.4, -0.2) is 51.0 Å². The minimum Gasteiger partial charge on any atom is -0.507 e. The number of phenolic OH excluding ortho intramolecular Hbond substituents is 1. The van der Waals surface area contributed by atoms with Crippen molar-refractivity contribution >= 4 is 5.91 Å². The topological polar surface area (TPSA) is 98.7 Å². The summed E-state index contributed by atoms with van der Waals surface area (Å²) in [5.41, 5.74) is 4.02. The number of ether oxygens (including phenoxy) is 1. The molecule has 7 heteroatoms. The zero-order valence-corrected chi connectivity index (χ0v) is 17.8. The van der Waals surface area contributed by atoms with E-state index < -0.39 is 6.04 Å². The number of carbonyl (C=O) groups is 1. The SMILES string of the molecule is CCCCOc1cccc([C@H]2c3c(-c4cc(C)ccc4O)n[nH]c3C(=O)N2CCO)c1. The molecule has 0 saturated heterocycles. The lowest BCUT2D eigenvalue weighted by atomic mass is 9.95. The number of aromatic amines is 1. The summed E-state index contributed by atoms with van der Waals surface area (Å²) in [6.45, 7) is 4.71. The van der Waals surface area contributed by atoms with Gasteiger partial charge >= 0.3 is 0 Å². The molecule has 0 radical (unpaired) electrons. The first-order valence-corrected chi connectivity index (χ1v) is 10.6. The van der Waals surface area contributed by atoms with Crippen LogP contribution in [0.5, 0.6) is 11.5 Å². The molecule has 0 unspecified atom stereocenters. The Morgan fingerprint density at radius 2 is 2.06 bits per heavy atom. The smallest absolute Gasteiger partial charge is 0.273 e. The number of fused-ring (bicyclic) bond motifs is 1. The van der Waals surface area contributed by atoms with Crippen LogP contribution in [0.2, 0.25) is 0 Å². The number of hydrogen-bond donors (Lipinski definition) is 3. The lowest BCUT2D eigenvalue weighted by molar-refractivity contribution is 0.0706. The monoisotopic (exact) mass is 421 g/mol. The van der Waals surface area contributed by atoms with Crippen molar-refractivity contribution in [1.29, 1.82) is 0 Å². The predicted molar refractivity (Wildman–Crippen MR) is 117 cm³/mol. The summed E-state index contributed by atoms with van der Waals surface area (Å²) in [4.78, 5) is 14.7. The fourth-order valence-electron chi connectivity index (χ4n) is 4.04. The van der Waals surface area contributed by atoms with Crippen LogP contribution < -0.4 is 4.74 Å². The summed E-state index contributed by atoms with van der Waals surface area (Å²) in [6.07, 6.45) is 2.01. The van der Waals surface area contributed by atoms with E-state index in [4.69, 9.17) is 4.74 Å². The average Bonchev–Trinajstić information content (AvgIpc) is 3.30. The van der Waals surface area contributed by atoms with E-state index in [0.29, 0.717) is 29.1 Å². The number of nitrogens with zero attached hydrogens (tertiary/aromatic N) is 2. The van der Waals surface area contributed by atoms with E-state index in [9.17, 15) is 15.0 Å². The first-order valence-electron chi connectivity index (χ1n) is 10.6. The second-order valence-corrected chi connectivity index (χ2v) is 7.78. The van der Waals surface area contributed by atoms with Crippen LogP contribution >= 0.6 is 0 Å². The number of nitrogens with one attached hydrogen (secondary N) is 1. The number of unbranched alkanes of at least 4 members (excludes halogenated alkanes) is 1. The fraction of sp³-hybridized carbons (Fsp3) is 0.333. The maximum absolute atomic E-state index is 13.1. The predicted octanol–water partition coefficient (Wildman–Crippen LogP) is 3.81. The van der Waals surface area contributed by atoms with E-state index in [1.54, 1.807) is 11.0 Å². The zero-order chi connectivity index (χ0) is 22.0. The molecule has 1 atom stereocenters. The van der Waals surface area contributed by atoms with Gasteiger partial charge in [-0.3, -0.25) is 9.89 Å². The average molecular weight is 421 g/mol. The van der Waals surface area contributed by atoms with Crippen molar-refractivity contribution in [1.82, 2.24) is 15.1 Å². The molecular formula is C24H27N3O4. The maximum atomic E-state index is 13.1. The van der Waals surface area contributed by atoms with Gasteiger partial charge in [-0.2, -0.15) is 5.10 Å². The van der Waals surface area contributed by atoms with Crippen molar-refractivity contribution < 1.29 is 19.7 Å². The van der Waals surface area contributed by atoms with E-state index in [1.807, 2.05) is 43.3 Å². The van der Waals surface area contributed by atoms with Crippen LogP contribution in [0.4, 0.5) is 0 Å². The molecule has 162 valence electrons. The third-order valence-corrected chi connectivity index (χ3v) is 5.55. The molecule has 3 aromatic rings. The van der Waals surface area contributed by atoms with Gasteiger partial charge in [0.05, 0.1) is 19.3 Å². The number of rotatable bonds is 8. The molecular weight excluding hydrogens is 394 g/mol. The van der Waals surface area contributed by atoms with E-state index in [2.05, 4.69) is 17.1 Å². The number of benzene rings is 2. The number of H-pyrrole nitrogens is 1. The second kappa shape index (κ2) is 8.81. The summed E-state index contributed by atoms with van der Waals surface area (Å²) >= 11 is 0. The molecule has 0 fully saturated rings. The number of aryl methyl sites for hydroxylation is 1. The highest BCUT2D eigenvalue weighted by Gasteiger charge is 2.42. The molecule has 4 rings (SSSR count). The van der Waals surface area contributed by atoms with Crippen molar-refractivity contribution in [2.24, 2.45) is 0 Å². The number of aromatic nitrogens is 2. The van der Waals surface area contributed by atoms with E-state index in [0.717, 1.165) is 29.7 Å². The molecule has 0 aliphatic carbocycles. The lowest BCUT2D eigenvalue weighted by Crippen LogP contribution is -2.32. The van der Waals surface area contributed by atoms with Crippen molar-refractivity contribution in [2.75, 3.05) is 19.8 Å². The molecule has 7 nitrogen and oxygen atoms in total. The van der Waals surface area contributed by atoms with Gasteiger partial charge < -0.3 is 19.8 Å². The number of carbonyl (C=O) groups excluding carboxylic acids is 1. The van der Waals surface area contributed by atoms with E-state index in [1.165, 1.54) is 0 Å². The highest BCUT2D eigenvalue weighted by atomic mass is 16.5. The second-order valence-electron chi connectivity index (χ2n) is 7.78. The first kappa shape index (κ1) is 20.9. The number of aliphatic hydroxyl groups is 1. The molecule has 1 amide bonds. The largest absolute Gasteiger partial charge is 0.507 e. The summed E-state index contributed by atoms with van der Waals surface area (Å²) < 4.78 is 5.87. The Bertz CT molecular complexity index is 1090. The number of aliphatic hydroxyl groups excluding tert-OH is 1. The molecule has 0 bridgehead atoms. The van der Waals surface area contributed by atoms with E-state index in [-0.39, 0.29) is 24.8 Å². The summed E-state index contributed by atoms with van der Waals surface area (Å²) in [5.74, 6) is 0.611. The molecule has 2 heterocycles. The molecule has 3 N–H and O–H groups in total. The van der Waals surface area contributed by atoms with Gasteiger partial charge in [0, 0.05) is 17.7 Å². The van der Waals surface area contributed by atoms with Crippen LogP contribution in [0.15, 0.2) is 42.5 Å². The highest BCUT2D eigenvalue weighted by molar-refractivity contribution is 6.00. The molecule has 1 aliphatic heterocycles. The van der Waals surface area contributed by atoms with Crippen LogP contribution in [0, 0.1) is 6.92 Å². The molecule has 1 aromatic heterocycles. The Hall–Kier alpha value is -3.32. The summed E-state index contributed by atoms with van der Waals surface area (Å²) in [6, 6.07) is 12.5. The summed E-state index contributed by atoms with van der Waals surface area (Å²) in [5, 5.41) is 27.3. The van der Waals surface area contributed by atoms with Crippen LogP contribution in [0.3, 0.4) is 0 Å². The van der Waals surface area contributed by atoms with Crippen LogP contribution in [-0.2, 0) is 0 Å². The third-order valence-electron chi connectivity index (χ3n) is 5.55. The molecule has 1 aliphatic rings. The quantitative estimate of drug-likeness (QED) is 0.481. The number of phenols is 1. The van der Waals surface area contributed by atoms with Crippen LogP contribution in [0.1, 0.15) is 53.0 Å². The van der Waals surface area contributed by atoms with Crippen molar-refractivity contribution in [3.63, 3.8) is 0 Å². The van der Waals surface area contributed by atoms with Gasteiger partial charge in [0.1, 0.15) is 22.9 Å². The number of β-amino-alcohol motifs (C(OH)–C–C–N with tert-alkyl or cyclic N) is 1. The fourth-order valence-corrected chi connectivity index (χ4v) is 4.04. The zero-order valence-electron chi connectivity index (χ0n) is 17.8. The molecule has 2 aromatic carbocycles.